The maximum absolute atomic E-state index is 12.8. The van der Waals surface area contributed by atoms with Crippen molar-refractivity contribution in [2.45, 2.75) is 25.4 Å². The van der Waals surface area contributed by atoms with Gasteiger partial charge in [0.15, 0.2) is 0 Å². The van der Waals surface area contributed by atoms with Crippen LogP contribution in [0.25, 0.3) is 22.6 Å². The number of carboxylic acid groups (broad SMARTS) is 1. The highest BCUT2D eigenvalue weighted by atomic mass is 19.4. The lowest BCUT2D eigenvalue weighted by atomic mass is 9.86. The number of hydrogen-bond acceptors (Lipinski definition) is 2. The maximum atomic E-state index is 12.8. The minimum atomic E-state index is -4.38. The summed E-state index contributed by atoms with van der Waals surface area (Å²) in [4.78, 5) is 16.6. The minimum Gasteiger partial charge on any atom is -0.478 e. The van der Waals surface area contributed by atoms with Crippen LogP contribution in [0.1, 0.15) is 45.6 Å². The van der Waals surface area contributed by atoms with E-state index in [1.807, 2.05) is 0 Å². The van der Waals surface area contributed by atoms with Gasteiger partial charge in [-0.3, -0.25) is 0 Å². The molecule has 3 nitrogen and oxygen atoms in total. The van der Waals surface area contributed by atoms with E-state index >= 15 is 0 Å². The smallest absolute Gasteiger partial charge is 0.416 e. The minimum absolute atomic E-state index is 0.263. The molecule has 1 aliphatic rings. The van der Waals surface area contributed by atoms with E-state index in [0.29, 0.717) is 40.6 Å². The molecule has 1 aliphatic carbocycles. The van der Waals surface area contributed by atoms with Gasteiger partial charge in [0.2, 0.25) is 0 Å². The maximum Gasteiger partial charge on any atom is 0.416 e. The number of aromatic carboxylic acids is 1. The van der Waals surface area contributed by atoms with Crippen molar-refractivity contribution in [3.63, 3.8) is 0 Å². The van der Waals surface area contributed by atoms with E-state index in [9.17, 15) is 23.1 Å². The zero-order valence-corrected chi connectivity index (χ0v) is 14.8. The van der Waals surface area contributed by atoms with Crippen molar-refractivity contribution in [1.29, 1.82) is 0 Å². The average molecular weight is 383 g/mol. The molecule has 0 saturated heterocycles. The van der Waals surface area contributed by atoms with E-state index in [0.717, 1.165) is 24.1 Å². The predicted octanol–water partition coefficient (Wildman–Crippen LogP) is 5.83. The van der Waals surface area contributed by atoms with Crippen molar-refractivity contribution in [2.75, 3.05) is 0 Å². The molecular formula is C22H16F3NO2. The van der Waals surface area contributed by atoms with Crippen molar-refractivity contribution in [2.24, 2.45) is 0 Å². The number of halogens is 3. The van der Waals surface area contributed by atoms with Gasteiger partial charge < -0.3 is 5.11 Å². The fraction of sp³-hybridized carbons (Fsp3) is 0.182. The number of rotatable bonds is 2. The molecule has 0 unspecified atom stereocenters. The van der Waals surface area contributed by atoms with Crippen LogP contribution in [0.2, 0.25) is 0 Å². The summed E-state index contributed by atoms with van der Waals surface area (Å²) in [5, 5.41) is 10.4. The molecule has 1 aromatic heterocycles. The molecule has 0 aliphatic heterocycles. The van der Waals surface area contributed by atoms with Gasteiger partial charge in [-0.15, -0.1) is 0 Å². The summed E-state index contributed by atoms with van der Waals surface area (Å²) >= 11 is 0. The van der Waals surface area contributed by atoms with Crippen LogP contribution in [-0.2, 0) is 12.6 Å². The number of allylic oxidation sites excluding steroid dienone is 1. The summed E-state index contributed by atoms with van der Waals surface area (Å²) < 4.78 is 38.3. The normalized spacial score (nSPS) is 15.6. The molecule has 28 heavy (non-hydrogen) atoms. The third-order valence-electron chi connectivity index (χ3n) is 4.96. The fourth-order valence-corrected chi connectivity index (χ4v) is 3.69. The van der Waals surface area contributed by atoms with Crippen LogP contribution in [0, 0.1) is 0 Å². The second-order valence-electron chi connectivity index (χ2n) is 6.78. The molecule has 0 saturated carbocycles. The SMILES string of the molecule is O=C(O)c1c2c(nc3ccccc13)/C(=C\c1ccc(C(F)(F)F)cc1)CCC2. The standard InChI is InChI=1S/C22H16F3NO2/c23-22(24,25)15-10-8-13(9-11-15)12-14-4-3-6-17-19(21(27)28)16-5-1-2-7-18(16)26-20(14)17/h1-2,5,7-12H,3-4,6H2,(H,27,28)/b14-12-. The Labute approximate surface area is 159 Å². The fourth-order valence-electron chi connectivity index (χ4n) is 3.69. The lowest BCUT2D eigenvalue weighted by Crippen LogP contribution is -2.13. The highest BCUT2D eigenvalue weighted by Crippen LogP contribution is 2.36. The quantitative estimate of drug-likeness (QED) is 0.606. The number of carbonyl (C=O) groups is 1. The number of pyridine rings is 1. The van der Waals surface area contributed by atoms with Gasteiger partial charge in [-0.2, -0.15) is 13.2 Å². The van der Waals surface area contributed by atoms with E-state index in [-0.39, 0.29) is 5.56 Å². The van der Waals surface area contributed by atoms with E-state index in [1.165, 1.54) is 12.1 Å². The van der Waals surface area contributed by atoms with Crippen LogP contribution in [0.3, 0.4) is 0 Å². The number of benzene rings is 2. The summed E-state index contributed by atoms with van der Waals surface area (Å²) in [6, 6.07) is 12.0. The van der Waals surface area contributed by atoms with Gasteiger partial charge in [-0.1, -0.05) is 30.3 Å². The summed E-state index contributed by atoms with van der Waals surface area (Å²) in [7, 11) is 0. The lowest BCUT2D eigenvalue weighted by Gasteiger charge is -2.21. The average Bonchev–Trinajstić information content (AvgIpc) is 2.66. The summed E-state index contributed by atoms with van der Waals surface area (Å²) in [6.45, 7) is 0. The lowest BCUT2D eigenvalue weighted by molar-refractivity contribution is -0.137. The first-order valence-corrected chi connectivity index (χ1v) is 8.88. The van der Waals surface area contributed by atoms with Gasteiger partial charge >= 0.3 is 12.1 Å². The van der Waals surface area contributed by atoms with Gasteiger partial charge in [0.1, 0.15) is 0 Å². The Morgan fingerprint density at radius 1 is 1.04 bits per heavy atom. The number of fused-ring (bicyclic) bond motifs is 2. The molecule has 0 bridgehead atoms. The number of carboxylic acids is 1. The Balaban J connectivity index is 1.85. The van der Waals surface area contributed by atoms with Crippen LogP contribution in [0.5, 0.6) is 0 Å². The molecule has 142 valence electrons. The first kappa shape index (κ1) is 18.2. The Hall–Kier alpha value is -3.15. The number of alkyl halides is 3. The molecule has 1 N–H and O–H groups in total. The Morgan fingerprint density at radius 2 is 1.75 bits per heavy atom. The van der Waals surface area contributed by atoms with Gasteiger partial charge in [-0.05, 0) is 60.2 Å². The predicted molar refractivity (Wildman–Crippen MR) is 101 cm³/mol. The Kier molecular flexibility index (Phi) is 4.41. The Morgan fingerprint density at radius 3 is 2.43 bits per heavy atom. The third kappa shape index (κ3) is 3.26. The van der Waals surface area contributed by atoms with Crippen molar-refractivity contribution >= 4 is 28.5 Å². The zero-order chi connectivity index (χ0) is 19.9. The van der Waals surface area contributed by atoms with Crippen molar-refractivity contribution < 1.29 is 23.1 Å². The van der Waals surface area contributed by atoms with E-state index in [1.54, 1.807) is 30.3 Å². The topological polar surface area (TPSA) is 50.2 Å². The van der Waals surface area contributed by atoms with Crippen LogP contribution in [-0.4, -0.2) is 16.1 Å². The van der Waals surface area contributed by atoms with Crippen LogP contribution < -0.4 is 0 Å². The number of aromatic nitrogens is 1. The summed E-state index contributed by atoms with van der Waals surface area (Å²) in [5.74, 6) is -0.995. The molecule has 0 radical (unpaired) electrons. The molecule has 0 spiro atoms. The molecule has 3 aromatic rings. The highest BCUT2D eigenvalue weighted by Gasteiger charge is 2.30. The van der Waals surface area contributed by atoms with Crippen LogP contribution >= 0.6 is 0 Å². The van der Waals surface area contributed by atoms with Crippen molar-refractivity contribution in [1.82, 2.24) is 4.98 Å². The van der Waals surface area contributed by atoms with E-state index in [4.69, 9.17) is 0 Å². The first-order valence-electron chi connectivity index (χ1n) is 8.88. The first-order chi connectivity index (χ1) is 13.3. The number of nitrogens with zero attached hydrogens (tertiary/aromatic N) is 1. The van der Waals surface area contributed by atoms with Gasteiger partial charge in [0.25, 0.3) is 0 Å². The molecule has 2 aromatic carbocycles. The largest absolute Gasteiger partial charge is 0.478 e. The summed E-state index contributed by atoms with van der Waals surface area (Å²) in [6.07, 6.45) is -0.511. The second-order valence-corrected chi connectivity index (χ2v) is 6.78. The summed E-state index contributed by atoms with van der Waals surface area (Å²) in [5.41, 5.74) is 2.95. The number of hydrogen-bond donors (Lipinski definition) is 1. The molecule has 1 heterocycles. The third-order valence-corrected chi connectivity index (χ3v) is 4.96. The second kappa shape index (κ2) is 6.78. The highest BCUT2D eigenvalue weighted by molar-refractivity contribution is 6.05. The molecular weight excluding hydrogens is 367 g/mol. The van der Waals surface area contributed by atoms with Gasteiger partial charge in [0.05, 0.1) is 22.3 Å². The van der Waals surface area contributed by atoms with Crippen LogP contribution in [0.15, 0.2) is 48.5 Å². The Bertz CT molecular complexity index is 1100. The molecule has 4 rings (SSSR count). The van der Waals surface area contributed by atoms with Crippen LogP contribution in [0.4, 0.5) is 13.2 Å². The zero-order valence-electron chi connectivity index (χ0n) is 14.8. The van der Waals surface area contributed by atoms with E-state index in [2.05, 4.69) is 4.98 Å². The van der Waals surface area contributed by atoms with Crippen molar-refractivity contribution in [3.8, 4) is 0 Å². The van der Waals surface area contributed by atoms with Gasteiger partial charge in [-0.25, -0.2) is 9.78 Å². The van der Waals surface area contributed by atoms with E-state index < -0.39 is 17.7 Å². The number of para-hydroxylation sites is 1. The molecule has 0 fully saturated rings. The molecule has 6 heteroatoms. The molecule has 0 amide bonds. The van der Waals surface area contributed by atoms with Gasteiger partial charge in [0, 0.05) is 5.39 Å². The van der Waals surface area contributed by atoms with Crippen molar-refractivity contribution in [3.05, 3.63) is 76.5 Å². The monoisotopic (exact) mass is 383 g/mol. The molecule has 0 atom stereocenters.